The zero-order valence-corrected chi connectivity index (χ0v) is 12.4. The molecule has 1 aliphatic rings. The molecule has 21 heavy (non-hydrogen) atoms. The zero-order chi connectivity index (χ0) is 15.0. The second-order valence-corrected chi connectivity index (χ2v) is 5.38. The van der Waals surface area contributed by atoms with Crippen LogP contribution in [0.15, 0.2) is 23.0 Å². The van der Waals surface area contributed by atoms with Crippen molar-refractivity contribution in [2.45, 2.75) is 32.4 Å². The van der Waals surface area contributed by atoms with Crippen LogP contribution in [0.3, 0.4) is 0 Å². The van der Waals surface area contributed by atoms with Gasteiger partial charge in [0.1, 0.15) is 12.4 Å². The topological polar surface area (TPSA) is 69.3 Å². The Balaban J connectivity index is 1.81. The lowest BCUT2D eigenvalue weighted by Crippen LogP contribution is -2.36. The summed E-state index contributed by atoms with van der Waals surface area (Å²) in [4.78, 5) is 12.2. The van der Waals surface area contributed by atoms with E-state index in [1.54, 1.807) is 6.07 Å². The number of ether oxygens (including phenoxy) is 1. The highest BCUT2D eigenvalue weighted by molar-refractivity contribution is 5.94. The van der Waals surface area contributed by atoms with Crippen LogP contribution >= 0.6 is 0 Å². The summed E-state index contributed by atoms with van der Waals surface area (Å²) in [7, 11) is 1.92. The van der Waals surface area contributed by atoms with Crippen LogP contribution in [-0.4, -0.2) is 28.3 Å². The van der Waals surface area contributed by atoms with Gasteiger partial charge in [-0.05, 0) is 26.3 Å². The maximum atomic E-state index is 12.2. The normalized spacial score (nSPS) is 21.7. The monoisotopic (exact) mass is 289 g/mol. The van der Waals surface area contributed by atoms with Gasteiger partial charge in [-0.25, -0.2) is 0 Å². The predicted octanol–water partition coefficient (Wildman–Crippen LogP) is 1.89. The highest BCUT2D eigenvalue weighted by Gasteiger charge is 2.34. The number of rotatable bonds is 3. The second kappa shape index (κ2) is 5.37. The standard InChI is InChI=1S/C15H19N3O3/c1-9-13(10(2)18(3)17-9)14-12(5-7-21-14)16-15(19)11-4-6-20-8-11/h4,6,8,12,14H,5,7H2,1-3H3,(H,16,19)/t12-,14-/m0/s1. The SMILES string of the molecule is Cc1nn(C)c(C)c1[C@H]1OCC[C@@H]1NC(=O)c1ccoc1. The van der Waals surface area contributed by atoms with Crippen molar-refractivity contribution < 1.29 is 13.9 Å². The number of carbonyl (C=O) groups is 1. The number of carbonyl (C=O) groups excluding carboxylic acids is 1. The Morgan fingerprint density at radius 3 is 2.90 bits per heavy atom. The first-order valence-electron chi connectivity index (χ1n) is 7.02. The van der Waals surface area contributed by atoms with Gasteiger partial charge in [0.2, 0.25) is 0 Å². The van der Waals surface area contributed by atoms with Gasteiger partial charge in [-0.3, -0.25) is 9.48 Å². The molecule has 0 aromatic carbocycles. The minimum absolute atomic E-state index is 0.0472. The van der Waals surface area contributed by atoms with Crippen molar-refractivity contribution in [3.8, 4) is 0 Å². The maximum absolute atomic E-state index is 12.2. The number of furan rings is 1. The maximum Gasteiger partial charge on any atom is 0.254 e. The van der Waals surface area contributed by atoms with E-state index in [4.69, 9.17) is 9.15 Å². The third-order valence-electron chi connectivity index (χ3n) is 4.04. The third-order valence-corrected chi connectivity index (χ3v) is 4.04. The van der Waals surface area contributed by atoms with Gasteiger partial charge in [-0.2, -0.15) is 5.10 Å². The lowest BCUT2D eigenvalue weighted by molar-refractivity contribution is 0.0816. The van der Waals surface area contributed by atoms with Crippen molar-refractivity contribution in [1.82, 2.24) is 15.1 Å². The molecule has 0 saturated carbocycles. The second-order valence-electron chi connectivity index (χ2n) is 5.38. The first-order chi connectivity index (χ1) is 10.1. The predicted molar refractivity (Wildman–Crippen MR) is 76.0 cm³/mol. The summed E-state index contributed by atoms with van der Waals surface area (Å²) in [5, 5.41) is 7.46. The van der Waals surface area contributed by atoms with Crippen LogP contribution < -0.4 is 5.32 Å². The molecule has 0 unspecified atom stereocenters. The molecule has 1 N–H and O–H groups in total. The van der Waals surface area contributed by atoms with Gasteiger partial charge in [0.15, 0.2) is 0 Å². The van der Waals surface area contributed by atoms with Crippen molar-refractivity contribution >= 4 is 5.91 Å². The fourth-order valence-corrected chi connectivity index (χ4v) is 2.87. The van der Waals surface area contributed by atoms with Crippen molar-refractivity contribution in [3.05, 3.63) is 41.1 Å². The molecule has 0 bridgehead atoms. The molecule has 6 nitrogen and oxygen atoms in total. The summed E-state index contributed by atoms with van der Waals surface area (Å²) in [6.07, 6.45) is 3.59. The van der Waals surface area contributed by atoms with Crippen molar-refractivity contribution in [2.75, 3.05) is 6.61 Å². The Bertz CT molecular complexity index is 645. The average Bonchev–Trinajstić information content (AvgIpc) is 3.14. The molecule has 2 atom stereocenters. The van der Waals surface area contributed by atoms with E-state index in [1.165, 1.54) is 12.5 Å². The summed E-state index contributed by atoms with van der Waals surface area (Å²) < 4.78 is 12.6. The first kappa shape index (κ1) is 13.9. The average molecular weight is 289 g/mol. The summed E-state index contributed by atoms with van der Waals surface area (Å²) in [5.41, 5.74) is 3.62. The lowest BCUT2D eigenvalue weighted by Gasteiger charge is -2.20. The van der Waals surface area contributed by atoms with Crippen LogP contribution in [0.5, 0.6) is 0 Å². The Labute approximate surface area is 123 Å². The summed E-state index contributed by atoms with van der Waals surface area (Å²) in [6, 6.07) is 1.61. The largest absolute Gasteiger partial charge is 0.472 e. The molecule has 1 amide bonds. The van der Waals surface area contributed by atoms with E-state index in [0.29, 0.717) is 12.2 Å². The molecular weight excluding hydrogens is 270 g/mol. The molecule has 112 valence electrons. The molecular formula is C15H19N3O3. The number of aryl methyl sites for hydroxylation is 2. The molecule has 0 spiro atoms. The minimum atomic E-state index is -0.144. The number of hydrogen-bond donors (Lipinski definition) is 1. The van der Waals surface area contributed by atoms with Crippen LogP contribution in [0.25, 0.3) is 0 Å². The lowest BCUT2D eigenvalue weighted by atomic mass is 10.00. The van der Waals surface area contributed by atoms with Crippen LogP contribution in [0.2, 0.25) is 0 Å². The van der Waals surface area contributed by atoms with E-state index in [9.17, 15) is 4.79 Å². The van der Waals surface area contributed by atoms with Crippen molar-refractivity contribution in [2.24, 2.45) is 7.05 Å². The van der Waals surface area contributed by atoms with Gasteiger partial charge in [0, 0.05) is 24.9 Å². The molecule has 1 fully saturated rings. The molecule has 2 aromatic heterocycles. The van der Waals surface area contributed by atoms with Gasteiger partial charge >= 0.3 is 0 Å². The Kier molecular flexibility index (Phi) is 3.55. The van der Waals surface area contributed by atoms with Gasteiger partial charge in [0.05, 0.1) is 23.6 Å². The fourth-order valence-electron chi connectivity index (χ4n) is 2.87. The zero-order valence-electron chi connectivity index (χ0n) is 12.4. The van der Waals surface area contributed by atoms with Gasteiger partial charge in [0.25, 0.3) is 5.91 Å². The molecule has 0 radical (unpaired) electrons. The molecule has 3 rings (SSSR count). The quantitative estimate of drug-likeness (QED) is 0.937. The van der Waals surface area contributed by atoms with E-state index >= 15 is 0 Å². The van der Waals surface area contributed by atoms with Crippen LogP contribution in [-0.2, 0) is 11.8 Å². The molecule has 3 heterocycles. The summed E-state index contributed by atoms with van der Waals surface area (Å²) >= 11 is 0. The first-order valence-corrected chi connectivity index (χ1v) is 7.02. The fraction of sp³-hybridized carbons (Fsp3) is 0.467. The number of nitrogens with zero attached hydrogens (tertiary/aromatic N) is 2. The molecule has 1 saturated heterocycles. The Morgan fingerprint density at radius 1 is 1.48 bits per heavy atom. The summed E-state index contributed by atoms with van der Waals surface area (Å²) in [6.45, 7) is 4.62. The Hall–Kier alpha value is -2.08. The van der Waals surface area contributed by atoms with E-state index in [2.05, 4.69) is 10.4 Å². The minimum Gasteiger partial charge on any atom is -0.472 e. The highest BCUT2D eigenvalue weighted by Crippen LogP contribution is 2.33. The molecule has 0 aliphatic carbocycles. The van der Waals surface area contributed by atoms with Gasteiger partial charge < -0.3 is 14.5 Å². The van der Waals surface area contributed by atoms with Crippen LogP contribution in [0, 0.1) is 13.8 Å². The highest BCUT2D eigenvalue weighted by atomic mass is 16.5. The summed E-state index contributed by atoms with van der Waals surface area (Å²) in [5.74, 6) is -0.136. The number of aromatic nitrogens is 2. The van der Waals surface area contributed by atoms with E-state index in [1.807, 2.05) is 25.6 Å². The van der Waals surface area contributed by atoms with Crippen molar-refractivity contribution in [3.63, 3.8) is 0 Å². The van der Waals surface area contributed by atoms with E-state index < -0.39 is 0 Å². The van der Waals surface area contributed by atoms with E-state index in [-0.39, 0.29) is 18.1 Å². The molecule has 1 aliphatic heterocycles. The van der Waals surface area contributed by atoms with Crippen LogP contribution in [0.1, 0.15) is 39.8 Å². The Morgan fingerprint density at radius 2 is 2.29 bits per heavy atom. The van der Waals surface area contributed by atoms with Crippen molar-refractivity contribution in [1.29, 1.82) is 0 Å². The third kappa shape index (κ3) is 2.47. The van der Waals surface area contributed by atoms with Gasteiger partial charge in [-0.15, -0.1) is 0 Å². The molecule has 2 aromatic rings. The smallest absolute Gasteiger partial charge is 0.254 e. The number of nitrogens with one attached hydrogen (secondary N) is 1. The van der Waals surface area contributed by atoms with Crippen LogP contribution in [0.4, 0.5) is 0 Å². The number of hydrogen-bond acceptors (Lipinski definition) is 4. The number of amides is 1. The molecule has 6 heteroatoms. The van der Waals surface area contributed by atoms with E-state index in [0.717, 1.165) is 23.4 Å². The van der Waals surface area contributed by atoms with Gasteiger partial charge in [-0.1, -0.05) is 0 Å².